The number of piperidine rings is 1. The van der Waals surface area contributed by atoms with Crippen LogP contribution >= 0.6 is 0 Å². The number of benzene rings is 2. The van der Waals surface area contributed by atoms with E-state index in [1.165, 1.54) is 30.5 Å². The summed E-state index contributed by atoms with van der Waals surface area (Å²) in [6, 6.07) is 18.7. The van der Waals surface area contributed by atoms with Gasteiger partial charge in [0.2, 0.25) is 5.91 Å². The molecule has 1 N–H and O–H groups in total. The predicted molar refractivity (Wildman–Crippen MR) is 109 cm³/mol. The lowest BCUT2D eigenvalue weighted by Gasteiger charge is -2.29. The minimum absolute atomic E-state index is 0.0148. The van der Waals surface area contributed by atoms with E-state index in [2.05, 4.69) is 46.3 Å². The number of carbonyl (C=O) groups is 1. The van der Waals surface area contributed by atoms with Gasteiger partial charge in [0.1, 0.15) is 0 Å². The van der Waals surface area contributed by atoms with E-state index in [0.717, 1.165) is 18.8 Å². The van der Waals surface area contributed by atoms with Crippen LogP contribution in [0.15, 0.2) is 54.6 Å². The Balaban J connectivity index is 1.52. The summed E-state index contributed by atoms with van der Waals surface area (Å²) in [7, 11) is 1.98. The van der Waals surface area contributed by atoms with Crippen LogP contribution in [-0.4, -0.2) is 37.5 Å². The largest absolute Gasteiger partial charge is 0.372 e. The number of rotatable bonds is 6. The summed E-state index contributed by atoms with van der Waals surface area (Å²) in [4.78, 5) is 16.9. The Morgan fingerprint density at radius 3 is 2.35 bits per heavy atom. The molecule has 1 aliphatic rings. The van der Waals surface area contributed by atoms with E-state index >= 15 is 0 Å². The van der Waals surface area contributed by atoms with E-state index in [1.807, 2.05) is 37.4 Å². The first kappa shape index (κ1) is 18.5. The quantitative estimate of drug-likeness (QED) is 0.842. The van der Waals surface area contributed by atoms with Gasteiger partial charge in [0.05, 0.1) is 6.54 Å². The molecule has 4 heteroatoms. The van der Waals surface area contributed by atoms with Crippen LogP contribution in [0.5, 0.6) is 0 Å². The highest BCUT2D eigenvalue weighted by Crippen LogP contribution is 2.22. The predicted octanol–water partition coefficient (Wildman–Crippen LogP) is 4.31. The Morgan fingerprint density at radius 1 is 1.04 bits per heavy atom. The van der Waals surface area contributed by atoms with Crippen molar-refractivity contribution in [3.05, 3.63) is 60.2 Å². The van der Waals surface area contributed by atoms with E-state index in [4.69, 9.17) is 0 Å². The molecule has 3 rings (SSSR count). The van der Waals surface area contributed by atoms with E-state index in [-0.39, 0.29) is 11.9 Å². The van der Waals surface area contributed by atoms with Crippen molar-refractivity contribution in [2.45, 2.75) is 32.2 Å². The standard InChI is InChI=1S/C22H29N3O/c1-18(19-9-5-3-6-10-19)24(2)17-22(26)23-20-11-13-21(14-12-20)25-15-7-4-8-16-25/h3,5-6,9-14,18H,4,7-8,15-17H2,1-2H3,(H,23,26). The second-order valence-corrected chi connectivity index (χ2v) is 7.14. The monoisotopic (exact) mass is 351 g/mol. The fourth-order valence-electron chi connectivity index (χ4n) is 3.46. The third-order valence-corrected chi connectivity index (χ3v) is 5.21. The number of hydrogen-bond acceptors (Lipinski definition) is 3. The van der Waals surface area contributed by atoms with Crippen molar-refractivity contribution in [2.75, 3.05) is 36.9 Å². The molecule has 4 nitrogen and oxygen atoms in total. The van der Waals surface area contributed by atoms with Gasteiger partial charge in [-0.2, -0.15) is 0 Å². The topological polar surface area (TPSA) is 35.6 Å². The average Bonchev–Trinajstić information content (AvgIpc) is 2.69. The zero-order chi connectivity index (χ0) is 18.4. The van der Waals surface area contributed by atoms with Gasteiger partial charge in [-0.05, 0) is 63.1 Å². The van der Waals surface area contributed by atoms with Crippen molar-refractivity contribution in [3.8, 4) is 0 Å². The first-order valence-corrected chi connectivity index (χ1v) is 9.53. The molecule has 0 saturated carbocycles. The smallest absolute Gasteiger partial charge is 0.238 e. The molecule has 1 unspecified atom stereocenters. The van der Waals surface area contributed by atoms with Crippen molar-refractivity contribution in [1.82, 2.24) is 4.90 Å². The molecule has 1 saturated heterocycles. The fraction of sp³-hybridized carbons (Fsp3) is 0.409. The number of anilines is 2. The van der Waals surface area contributed by atoms with Crippen molar-refractivity contribution in [3.63, 3.8) is 0 Å². The molecule has 1 aliphatic heterocycles. The van der Waals surface area contributed by atoms with E-state index < -0.39 is 0 Å². The SMILES string of the molecule is CC(c1ccccc1)N(C)CC(=O)Nc1ccc(N2CCCCC2)cc1. The molecule has 2 aromatic carbocycles. The summed E-state index contributed by atoms with van der Waals surface area (Å²) in [6.45, 7) is 4.75. The lowest BCUT2D eigenvalue weighted by molar-refractivity contribution is -0.117. The van der Waals surface area contributed by atoms with Gasteiger partial charge in [0, 0.05) is 30.5 Å². The van der Waals surface area contributed by atoms with Crippen LogP contribution in [0.2, 0.25) is 0 Å². The van der Waals surface area contributed by atoms with Crippen LogP contribution < -0.4 is 10.2 Å². The third kappa shape index (κ3) is 4.85. The summed E-state index contributed by atoms with van der Waals surface area (Å²) in [6.07, 6.45) is 3.87. The second kappa shape index (κ2) is 8.86. The van der Waals surface area contributed by atoms with Gasteiger partial charge in [-0.1, -0.05) is 30.3 Å². The van der Waals surface area contributed by atoms with Crippen molar-refractivity contribution >= 4 is 17.3 Å². The minimum Gasteiger partial charge on any atom is -0.372 e. The molecule has 1 heterocycles. The molecule has 1 atom stereocenters. The van der Waals surface area contributed by atoms with E-state index in [1.54, 1.807) is 0 Å². The van der Waals surface area contributed by atoms with Crippen LogP contribution in [-0.2, 0) is 4.79 Å². The average molecular weight is 351 g/mol. The molecule has 2 aromatic rings. The summed E-state index contributed by atoms with van der Waals surface area (Å²) in [5.74, 6) is 0.0148. The normalized spacial score (nSPS) is 15.7. The summed E-state index contributed by atoms with van der Waals surface area (Å²) in [5.41, 5.74) is 3.32. The van der Waals surface area contributed by atoms with Gasteiger partial charge < -0.3 is 10.2 Å². The van der Waals surface area contributed by atoms with Gasteiger partial charge in [-0.15, -0.1) is 0 Å². The molecular formula is C22H29N3O. The highest BCUT2D eigenvalue weighted by Gasteiger charge is 2.15. The number of nitrogens with zero attached hydrogens (tertiary/aromatic N) is 2. The summed E-state index contributed by atoms with van der Waals surface area (Å²) >= 11 is 0. The molecular weight excluding hydrogens is 322 g/mol. The molecule has 26 heavy (non-hydrogen) atoms. The molecule has 0 bridgehead atoms. The van der Waals surface area contributed by atoms with Crippen LogP contribution in [0.25, 0.3) is 0 Å². The Labute approximate surface area is 156 Å². The van der Waals surface area contributed by atoms with Crippen molar-refractivity contribution < 1.29 is 4.79 Å². The highest BCUT2D eigenvalue weighted by atomic mass is 16.2. The molecule has 0 aromatic heterocycles. The zero-order valence-electron chi connectivity index (χ0n) is 15.8. The number of likely N-dealkylation sites (N-methyl/N-ethyl adjacent to an activating group) is 1. The molecule has 0 spiro atoms. The molecule has 1 fully saturated rings. The van der Waals surface area contributed by atoms with E-state index in [9.17, 15) is 4.79 Å². The minimum atomic E-state index is 0.0148. The molecule has 138 valence electrons. The first-order valence-electron chi connectivity index (χ1n) is 9.53. The fourth-order valence-corrected chi connectivity index (χ4v) is 3.46. The molecule has 0 radical (unpaired) electrons. The first-order chi connectivity index (χ1) is 12.6. The molecule has 0 aliphatic carbocycles. The van der Waals surface area contributed by atoms with Gasteiger partial charge >= 0.3 is 0 Å². The maximum absolute atomic E-state index is 12.4. The number of nitrogens with one attached hydrogen (secondary N) is 1. The zero-order valence-corrected chi connectivity index (χ0v) is 15.8. The number of amides is 1. The Bertz CT molecular complexity index is 693. The van der Waals surface area contributed by atoms with Crippen LogP contribution in [0.1, 0.15) is 37.8 Å². The maximum Gasteiger partial charge on any atom is 0.238 e. The van der Waals surface area contributed by atoms with Crippen LogP contribution in [0, 0.1) is 0 Å². The molecule has 1 amide bonds. The number of carbonyl (C=O) groups excluding carboxylic acids is 1. The van der Waals surface area contributed by atoms with Crippen LogP contribution in [0.3, 0.4) is 0 Å². The van der Waals surface area contributed by atoms with E-state index in [0.29, 0.717) is 6.54 Å². The highest BCUT2D eigenvalue weighted by molar-refractivity contribution is 5.92. The van der Waals surface area contributed by atoms with Crippen molar-refractivity contribution in [1.29, 1.82) is 0 Å². The Hall–Kier alpha value is -2.33. The summed E-state index contributed by atoms with van der Waals surface area (Å²) in [5, 5.41) is 3.01. The maximum atomic E-state index is 12.4. The third-order valence-electron chi connectivity index (χ3n) is 5.21. The lowest BCUT2D eigenvalue weighted by atomic mass is 10.1. The second-order valence-electron chi connectivity index (χ2n) is 7.14. The van der Waals surface area contributed by atoms with Crippen LogP contribution in [0.4, 0.5) is 11.4 Å². The van der Waals surface area contributed by atoms with Gasteiger partial charge in [0.15, 0.2) is 0 Å². The number of hydrogen-bond donors (Lipinski definition) is 1. The van der Waals surface area contributed by atoms with Gasteiger partial charge in [-0.3, -0.25) is 9.69 Å². The van der Waals surface area contributed by atoms with Gasteiger partial charge in [0.25, 0.3) is 0 Å². The lowest BCUT2D eigenvalue weighted by Crippen LogP contribution is -2.32. The summed E-state index contributed by atoms with van der Waals surface area (Å²) < 4.78 is 0. The Kier molecular flexibility index (Phi) is 6.29. The van der Waals surface area contributed by atoms with Crippen molar-refractivity contribution in [2.24, 2.45) is 0 Å². The van der Waals surface area contributed by atoms with Gasteiger partial charge in [-0.25, -0.2) is 0 Å². The Morgan fingerprint density at radius 2 is 1.69 bits per heavy atom.